The molecule has 1 aliphatic rings. The van der Waals surface area contributed by atoms with Crippen molar-refractivity contribution in [2.75, 3.05) is 33.9 Å². The number of amides is 1. The van der Waals surface area contributed by atoms with E-state index in [0.717, 1.165) is 18.7 Å². The standard InChI is InChI=1S/C21H26N2O4.ClH/c1-15-13-22-9-10-23(15)21(24)17-11-18(25-2)20(19(12-17)26-3)27-14-16-7-5-4-6-8-16;/h4-8,11-12,15,22H,9-10,13-14H2,1-3H3;1H/t15-;/m1./s1. The van der Waals surface area contributed by atoms with Crippen LogP contribution in [0.25, 0.3) is 0 Å². The van der Waals surface area contributed by atoms with Crippen LogP contribution in [-0.4, -0.2) is 50.7 Å². The predicted molar refractivity (Wildman–Crippen MR) is 111 cm³/mol. The van der Waals surface area contributed by atoms with E-state index in [1.807, 2.05) is 42.2 Å². The first-order valence-corrected chi connectivity index (χ1v) is 9.08. The summed E-state index contributed by atoms with van der Waals surface area (Å²) in [6, 6.07) is 13.4. The average Bonchev–Trinajstić information content (AvgIpc) is 2.72. The molecule has 0 saturated carbocycles. The molecule has 152 valence electrons. The molecule has 0 aromatic heterocycles. The molecule has 0 unspecified atom stereocenters. The number of piperazine rings is 1. The second-order valence-electron chi connectivity index (χ2n) is 6.54. The zero-order chi connectivity index (χ0) is 19.2. The maximum atomic E-state index is 13.0. The van der Waals surface area contributed by atoms with Crippen molar-refractivity contribution in [2.45, 2.75) is 19.6 Å². The van der Waals surface area contributed by atoms with Crippen LogP contribution in [0, 0.1) is 0 Å². The van der Waals surface area contributed by atoms with Gasteiger partial charge in [-0.15, -0.1) is 12.4 Å². The molecule has 0 radical (unpaired) electrons. The summed E-state index contributed by atoms with van der Waals surface area (Å²) in [6.45, 7) is 4.68. The van der Waals surface area contributed by atoms with Crippen LogP contribution < -0.4 is 19.5 Å². The van der Waals surface area contributed by atoms with Gasteiger partial charge in [-0.1, -0.05) is 30.3 Å². The number of carbonyl (C=O) groups excluding carboxylic acids is 1. The zero-order valence-electron chi connectivity index (χ0n) is 16.4. The Morgan fingerprint density at radius 2 is 1.79 bits per heavy atom. The molecule has 1 atom stereocenters. The predicted octanol–water partition coefficient (Wildman–Crippen LogP) is 3.14. The minimum absolute atomic E-state index is 0. The Morgan fingerprint density at radius 3 is 2.36 bits per heavy atom. The van der Waals surface area contributed by atoms with Crippen LogP contribution in [0.5, 0.6) is 17.2 Å². The summed E-state index contributed by atoms with van der Waals surface area (Å²) in [5.74, 6) is 1.43. The van der Waals surface area contributed by atoms with Crippen LogP contribution in [0.3, 0.4) is 0 Å². The van der Waals surface area contributed by atoms with Crippen LogP contribution in [0.4, 0.5) is 0 Å². The summed E-state index contributed by atoms with van der Waals surface area (Å²) in [5.41, 5.74) is 1.57. The van der Waals surface area contributed by atoms with Gasteiger partial charge >= 0.3 is 0 Å². The van der Waals surface area contributed by atoms with Crippen molar-refractivity contribution in [3.05, 3.63) is 53.6 Å². The van der Waals surface area contributed by atoms with Gasteiger partial charge in [-0.25, -0.2) is 0 Å². The number of methoxy groups -OCH3 is 2. The lowest BCUT2D eigenvalue weighted by atomic mass is 10.1. The second-order valence-corrected chi connectivity index (χ2v) is 6.54. The Labute approximate surface area is 172 Å². The molecular weight excluding hydrogens is 380 g/mol. The number of carbonyl (C=O) groups is 1. The lowest BCUT2D eigenvalue weighted by Gasteiger charge is -2.34. The highest BCUT2D eigenvalue weighted by Gasteiger charge is 2.26. The third kappa shape index (κ3) is 4.88. The van der Waals surface area contributed by atoms with Gasteiger partial charge in [0.2, 0.25) is 5.75 Å². The van der Waals surface area contributed by atoms with E-state index in [4.69, 9.17) is 14.2 Å². The first kappa shape index (κ1) is 21.9. The number of ether oxygens (including phenoxy) is 3. The Bertz CT molecular complexity index is 760. The quantitative estimate of drug-likeness (QED) is 0.798. The normalized spacial score (nSPS) is 16.1. The van der Waals surface area contributed by atoms with Crippen LogP contribution >= 0.6 is 12.4 Å². The van der Waals surface area contributed by atoms with Gasteiger partial charge in [0.1, 0.15) is 6.61 Å². The average molecular weight is 407 g/mol. The molecule has 0 spiro atoms. The topological polar surface area (TPSA) is 60.0 Å². The molecule has 2 aromatic rings. The van der Waals surface area contributed by atoms with E-state index in [0.29, 0.717) is 36.0 Å². The Balaban J connectivity index is 0.00000280. The monoisotopic (exact) mass is 406 g/mol. The van der Waals surface area contributed by atoms with Gasteiger partial charge in [-0.2, -0.15) is 0 Å². The lowest BCUT2D eigenvalue weighted by Crippen LogP contribution is -2.52. The Kier molecular flexibility index (Phi) is 7.96. The molecule has 2 aromatic carbocycles. The molecule has 7 heteroatoms. The molecule has 3 rings (SSSR count). The number of hydrogen-bond donors (Lipinski definition) is 1. The fourth-order valence-corrected chi connectivity index (χ4v) is 3.18. The molecular formula is C21H27ClN2O4. The highest BCUT2D eigenvalue weighted by molar-refractivity contribution is 5.96. The molecule has 6 nitrogen and oxygen atoms in total. The Morgan fingerprint density at radius 1 is 1.14 bits per heavy atom. The van der Waals surface area contributed by atoms with E-state index in [1.54, 1.807) is 26.4 Å². The highest BCUT2D eigenvalue weighted by Crippen LogP contribution is 2.39. The summed E-state index contributed by atoms with van der Waals surface area (Å²) in [6.07, 6.45) is 0. The fraction of sp³-hybridized carbons (Fsp3) is 0.381. The van der Waals surface area contributed by atoms with Crippen molar-refractivity contribution in [1.29, 1.82) is 0 Å². The second kappa shape index (κ2) is 10.2. The number of halogens is 1. The molecule has 1 amide bonds. The van der Waals surface area contributed by atoms with Gasteiger partial charge in [0, 0.05) is 31.2 Å². The molecule has 1 heterocycles. The van der Waals surface area contributed by atoms with E-state index >= 15 is 0 Å². The van der Waals surface area contributed by atoms with Gasteiger partial charge in [0.25, 0.3) is 5.91 Å². The van der Waals surface area contributed by atoms with Crippen LogP contribution in [0.15, 0.2) is 42.5 Å². The van der Waals surface area contributed by atoms with E-state index in [1.165, 1.54) is 0 Å². The van der Waals surface area contributed by atoms with Crippen molar-refractivity contribution in [3.63, 3.8) is 0 Å². The number of rotatable bonds is 6. The van der Waals surface area contributed by atoms with Crippen LogP contribution in [0.2, 0.25) is 0 Å². The highest BCUT2D eigenvalue weighted by atomic mass is 35.5. The molecule has 0 aliphatic carbocycles. The smallest absolute Gasteiger partial charge is 0.254 e. The number of nitrogens with zero attached hydrogens (tertiary/aromatic N) is 1. The first-order valence-electron chi connectivity index (χ1n) is 9.08. The van der Waals surface area contributed by atoms with Gasteiger partial charge < -0.3 is 24.4 Å². The minimum Gasteiger partial charge on any atom is -0.493 e. The van der Waals surface area contributed by atoms with Crippen molar-refractivity contribution in [1.82, 2.24) is 10.2 Å². The summed E-state index contributed by atoms with van der Waals surface area (Å²) in [7, 11) is 3.12. The third-order valence-corrected chi connectivity index (χ3v) is 4.70. The maximum Gasteiger partial charge on any atom is 0.254 e. The minimum atomic E-state index is -0.0322. The van der Waals surface area contributed by atoms with E-state index < -0.39 is 0 Å². The van der Waals surface area contributed by atoms with Crippen LogP contribution in [0.1, 0.15) is 22.8 Å². The molecule has 1 fully saturated rings. The molecule has 1 saturated heterocycles. The molecule has 1 aliphatic heterocycles. The van der Waals surface area contributed by atoms with Gasteiger partial charge in [0.15, 0.2) is 11.5 Å². The summed E-state index contributed by atoms with van der Waals surface area (Å²) in [4.78, 5) is 14.9. The summed E-state index contributed by atoms with van der Waals surface area (Å²) >= 11 is 0. The summed E-state index contributed by atoms with van der Waals surface area (Å²) in [5, 5.41) is 3.29. The number of hydrogen-bond acceptors (Lipinski definition) is 5. The van der Waals surface area contributed by atoms with Crippen LogP contribution in [-0.2, 0) is 6.61 Å². The van der Waals surface area contributed by atoms with E-state index in [9.17, 15) is 4.79 Å². The number of nitrogens with one attached hydrogen (secondary N) is 1. The van der Waals surface area contributed by atoms with E-state index in [2.05, 4.69) is 5.32 Å². The van der Waals surface area contributed by atoms with Gasteiger partial charge in [-0.05, 0) is 24.6 Å². The maximum absolute atomic E-state index is 13.0. The SMILES string of the molecule is COc1cc(C(=O)N2CCNC[C@H]2C)cc(OC)c1OCc1ccccc1.Cl. The lowest BCUT2D eigenvalue weighted by molar-refractivity contribution is 0.0655. The third-order valence-electron chi connectivity index (χ3n) is 4.70. The first-order chi connectivity index (χ1) is 13.1. The molecule has 28 heavy (non-hydrogen) atoms. The number of benzene rings is 2. The molecule has 1 N–H and O–H groups in total. The Hall–Kier alpha value is -2.44. The molecule has 0 bridgehead atoms. The fourth-order valence-electron chi connectivity index (χ4n) is 3.18. The van der Waals surface area contributed by atoms with Crippen molar-refractivity contribution in [2.24, 2.45) is 0 Å². The van der Waals surface area contributed by atoms with Crippen molar-refractivity contribution >= 4 is 18.3 Å². The summed E-state index contributed by atoms with van der Waals surface area (Å²) < 4.78 is 16.9. The van der Waals surface area contributed by atoms with Crippen molar-refractivity contribution in [3.8, 4) is 17.2 Å². The van der Waals surface area contributed by atoms with E-state index in [-0.39, 0.29) is 24.4 Å². The van der Waals surface area contributed by atoms with Crippen molar-refractivity contribution < 1.29 is 19.0 Å². The zero-order valence-corrected chi connectivity index (χ0v) is 17.3. The largest absolute Gasteiger partial charge is 0.493 e. The van der Waals surface area contributed by atoms with Gasteiger partial charge in [-0.3, -0.25) is 4.79 Å². The van der Waals surface area contributed by atoms with Gasteiger partial charge in [0.05, 0.1) is 14.2 Å².